The molecule has 105 valence electrons. The summed E-state index contributed by atoms with van der Waals surface area (Å²) in [6.45, 7) is -1.66. The molecule has 0 aliphatic carbocycles. The predicted octanol–water partition coefficient (Wildman–Crippen LogP) is 3.41. The van der Waals surface area contributed by atoms with Crippen molar-refractivity contribution in [3.8, 4) is 0 Å². The molecule has 1 radical (unpaired) electrons. The molecule has 0 unspecified atom stereocenters. The predicted molar refractivity (Wildman–Crippen MR) is 50.8 cm³/mol. The molecule has 0 aromatic heterocycles. The van der Waals surface area contributed by atoms with Crippen molar-refractivity contribution < 1.29 is 31.3 Å². The monoisotopic (exact) mass is 287 g/mol. The summed E-state index contributed by atoms with van der Waals surface area (Å²) in [5.74, 6) is 0. The van der Waals surface area contributed by atoms with Crippen molar-refractivity contribution in [1.82, 2.24) is 5.32 Å². The van der Waals surface area contributed by atoms with E-state index in [2.05, 4.69) is 5.32 Å². The third-order valence-electron chi connectivity index (χ3n) is 1.92. The van der Waals surface area contributed by atoms with Gasteiger partial charge in [0.25, 0.3) is 5.69 Å². The number of benzene rings is 1. The maximum atomic E-state index is 12.5. The molecule has 0 spiro atoms. The van der Waals surface area contributed by atoms with E-state index in [1.54, 1.807) is 0 Å². The summed E-state index contributed by atoms with van der Waals surface area (Å²) < 4.78 is 73.1. The normalized spacial score (nSPS) is 12.3. The second-order valence-corrected chi connectivity index (χ2v) is 3.39. The molecule has 0 fully saturated rings. The van der Waals surface area contributed by atoms with Crippen LogP contribution in [0.5, 0.6) is 0 Å². The van der Waals surface area contributed by atoms with E-state index in [1.165, 1.54) is 0 Å². The van der Waals surface area contributed by atoms with Crippen LogP contribution in [0.1, 0.15) is 5.56 Å². The van der Waals surface area contributed by atoms with E-state index in [-0.39, 0.29) is 6.07 Å². The Bertz CT molecular complexity index is 483. The molecule has 0 heterocycles. The van der Waals surface area contributed by atoms with Gasteiger partial charge < -0.3 is 0 Å². The molecule has 1 rings (SSSR count). The highest BCUT2D eigenvalue weighted by atomic mass is 19.4. The molecule has 0 saturated heterocycles. The molecule has 0 atom stereocenters. The highest BCUT2D eigenvalue weighted by molar-refractivity contribution is 5.51. The minimum atomic E-state index is -5.05. The summed E-state index contributed by atoms with van der Waals surface area (Å²) in [5, 5.41) is 13.3. The maximum absolute atomic E-state index is 12.5. The van der Waals surface area contributed by atoms with Crippen molar-refractivity contribution in [2.75, 3.05) is 6.54 Å². The zero-order valence-corrected chi connectivity index (χ0v) is 8.92. The first kappa shape index (κ1) is 15.1. The molecular weight excluding hydrogens is 282 g/mol. The molecular formula is C9H5F6N2O2. The summed E-state index contributed by atoms with van der Waals surface area (Å²) in [7, 11) is 0. The number of nitro groups is 1. The van der Waals surface area contributed by atoms with Gasteiger partial charge in [-0.2, -0.15) is 26.3 Å². The first-order valence-corrected chi connectivity index (χ1v) is 4.60. The van der Waals surface area contributed by atoms with Crippen LogP contribution in [0.2, 0.25) is 0 Å². The Morgan fingerprint density at radius 2 is 1.74 bits per heavy atom. The fourth-order valence-electron chi connectivity index (χ4n) is 1.19. The van der Waals surface area contributed by atoms with Crippen LogP contribution < -0.4 is 5.32 Å². The molecule has 1 aromatic rings. The largest absolute Gasteiger partial charge is 0.423 e. The fraction of sp³-hybridized carbons (Fsp3) is 0.333. The standard InChI is InChI=1S/C9H5F6N2O2/c10-8(11,12)4-16-5-1-2-7(17(18)19)6(3-5)9(13,14)15/h1-3H,4H2. The molecule has 4 nitrogen and oxygen atoms in total. The average molecular weight is 287 g/mol. The van der Waals surface area contributed by atoms with Gasteiger partial charge in [0.1, 0.15) is 12.1 Å². The van der Waals surface area contributed by atoms with Gasteiger partial charge >= 0.3 is 12.4 Å². The summed E-state index contributed by atoms with van der Waals surface area (Å²) >= 11 is 0. The quantitative estimate of drug-likeness (QED) is 0.486. The lowest BCUT2D eigenvalue weighted by Gasteiger charge is -2.10. The van der Waals surface area contributed by atoms with Gasteiger partial charge in [0.15, 0.2) is 0 Å². The Labute approximate surface area is 102 Å². The number of rotatable bonds is 3. The van der Waals surface area contributed by atoms with Crippen molar-refractivity contribution in [3.63, 3.8) is 0 Å². The molecule has 0 amide bonds. The number of nitro benzene ring substituents is 1. The first-order valence-electron chi connectivity index (χ1n) is 4.60. The van der Waals surface area contributed by atoms with Crippen molar-refractivity contribution in [3.05, 3.63) is 33.9 Å². The van der Waals surface area contributed by atoms with Gasteiger partial charge in [-0.05, 0) is 12.1 Å². The fourth-order valence-corrected chi connectivity index (χ4v) is 1.19. The van der Waals surface area contributed by atoms with E-state index >= 15 is 0 Å². The molecule has 0 bridgehead atoms. The maximum Gasteiger partial charge on any atom is 0.423 e. The molecule has 0 saturated carbocycles. The lowest BCUT2D eigenvalue weighted by Crippen LogP contribution is -2.21. The van der Waals surface area contributed by atoms with E-state index in [0.29, 0.717) is 6.07 Å². The van der Waals surface area contributed by atoms with Gasteiger partial charge in [-0.3, -0.25) is 15.4 Å². The van der Waals surface area contributed by atoms with Crippen LogP contribution in [-0.4, -0.2) is 17.6 Å². The van der Waals surface area contributed by atoms with Crippen LogP contribution in [-0.2, 0) is 6.18 Å². The zero-order chi connectivity index (χ0) is 14.8. The van der Waals surface area contributed by atoms with E-state index in [0.717, 1.165) is 6.07 Å². The number of alkyl halides is 6. The summed E-state index contributed by atoms with van der Waals surface area (Å²) in [6, 6.07) is 1.40. The third kappa shape index (κ3) is 4.30. The second-order valence-electron chi connectivity index (χ2n) is 3.39. The molecule has 10 heteroatoms. The van der Waals surface area contributed by atoms with Crippen molar-refractivity contribution in [2.24, 2.45) is 0 Å². The van der Waals surface area contributed by atoms with Crippen LogP contribution in [0, 0.1) is 10.1 Å². The number of hydrogen-bond acceptors (Lipinski definition) is 2. The topological polar surface area (TPSA) is 57.2 Å². The number of halogens is 6. The van der Waals surface area contributed by atoms with Gasteiger partial charge in [0.2, 0.25) is 0 Å². The Morgan fingerprint density at radius 3 is 2.16 bits per heavy atom. The van der Waals surface area contributed by atoms with Gasteiger partial charge in [-0.15, -0.1) is 0 Å². The number of hydrogen-bond donors (Lipinski definition) is 0. The van der Waals surface area contributed by atoms with Crippen LogP contribution >= 0.6 is 0 Å². The van der Waals surface area contributed by atoms with Crippen LogP contribution in [0.25, 0.3) is 0 Å². The smallest absolute Gasteiger partial charge is 0.276 e. The third-order valence-corrected chi connectivity index (χ3v) is 1.92. The SMILES string of the molecule is O=[N+]([O-])c1ccc([N]CC(F)(F)F)cc1C(F)(F)F. The van der Waals surface area contributed by atoms with E-state index in [4.69, 9.17) is 0 Å². The summed E-state index contributed by atoms with van der Waals surface area (Å²) in [4.78, 5) is 9.12. The molecule has 0 N–H and O–H groups in total. The summed E-state index contributed by atoms with van der Waals surface area (Å²) in [6.07, 6.45) is -9.72. The van der Waals surface area contributed by atoms with E-state index in [9.17, 15) is 36.5 Å². The van der Waals surface area contributed by atoms with Crippen molar-refractivity contribution in [2.45, 2.75) is 12.4 Å². The van der Waals surface area contributed by atoms with E-state index < -0.39 is 40.8 Å². The van der Waals surface area contributed by atoms with Gasteiger partial charge in [0, 0.05) is 6.07 Å². The minimum Gasteiger partial charge on any atom is -0.276 e. The lowest BCUT2D eigenvalue weighted by atomic mass is 10.1. The lowest BCUT2D eigenvalue weighted by molar-refractivity contribution is -0.388. The Hall–Kier alpha value is -2.00. The van der Waals surface area contributed by atoms with Gasteiger partial charge in [-0.25, -0.2) is 0 Å². The highest BCUT2D eigenvalue weighted by Gasteiger charge is 2.38. The molecule has 0 aliphatic heterocycles. The Balaban J connectivity index is 3.09. The Morgan fingerprint density at radius 1 is 1.16 bits per heavy atom. The van der Waals surface area contributed by atoms with Crippen LogP contribution in [0.15, 0.2) is 18.2 Å². The second kappa shape index (κ2) is 4.94. The molecule has 0 aliphatic rings. The molecule has 19 heavy (non-hydrogen) atoms. The van der Waals surface area contributed by atoms with Crippen molar-refractivity contribution >= 4 is 11.4 Å². The van der Waals surface area contributed by atoms with Crippen LogP contribution in [0.4, 0.5) is 37.7 Å². The minimum absolute atomic E-state index is 0.212. The van der Waals surface area contributed by atoms with Crippen molar-refractivity contribution in [1.29, 1.82) is 0 Å². The zero-order valence-electron chi connectivity index (χ0n) is 8.92. The Kier molecular flexibility index (Phi) is 3.91. The van der Waals surface area contributed by atoms with E-state index in [1.807, 2.05) is 0 Å². The first-order chi connectivity index (χ1) is 8.50. The van der Waals surface area contributed by atoms with Crippen LogP contribution in [0.3, 0.4) is 0 Å². The van der Waals surface area contributed by atoms with Gasteiger partial charge in [-0.1, -0.05) is 0 Å². The summed E-state index contributed by atoms with van der Waals surface area (Å²) in [5.41, 5.74) is -3.50. The average Bonchev–Trinajstić information content (AvgIpc) is 2.23. The van der Waals surface area contributed by atoms with Gasteiger partial charge in [0.05, 0.1) is 10.6 Å². The molecule has 1 aromatic carbocycles. The number of nitrogens with zero attached hydrogens (tertiary/aromatic N) is 2. The highest BCUT2D eigenvalue weighted by Crippen LogP contribution is 2.37.